The zero-order chi connectivity index (χ0) is 14.7. The number of nitrogens with one attached hydrogen (secondary N) is 1. The topological polar surface area (TPSA) is 119 Å². The van der Waals surface area contributed by atoms with Crippen LogP contribution >= 0.6 is 0 Å². The van der Waals surface area contributed by atoms with Crippen LogP contribution in [0.25, 0.3) is 0 Å². The highest BCUT2D eigenvalue weighted by atomic mass is 16.5. The Hall–Kier alpha value is -2.67. The summed E-state index contributed by atoms with van der Waals surface area (Å²) in [4.78, 5) is 33.8. The number of hydrogen-bond acceptors (Lipinski definition) is 6. The lowest BCUT2D eigenvalue weighted by Gasteiger charge is -2.11. The van der Waals surface area contributed by atoms with Crippen LogP contribution in [0.1, 0.15) is 5.56 Å². The largest absolute Gasteiger partial charge is 0.508 e. The molecule has 4 N–H and O–H groups in total. The minimum Gasteiger partial charge on any atom is -0.508 e. The van der Waals surface area contributed by atoms with E-state index in [0.29, 0.717) is 0 Å². The average Bonchev–Trinajstić information content (AvgIpc) is 2.70. The number of esters is 1. The number of amides is 2. The van der Waals surface area contributed by atoms with Crippen LogP contribution in [0.4, 0.5) is 0 Å². The van der Waals surface area contributed by atoms with E-state index in [-0.39, 0.29) is 17.9 Å². The van der Waals surface area contributed by atoms with Crippen LogP contribution in [0, 0.1) is 0 Å². The summed E-state index contributed by atoms with van der Waals surface area (Å²) in [6.07, 6.45) is 1.08. The summed E-state index contributed by atoms with van der Waals surface area (Å²) >= 11 is 0. The molecule has 7 heteroatoms. The van der Waals surface area contributed by atoms with E-state index in [2.05, 4.69) is 0 Å². The van der Waals surface area contributed by atoms with Gasteiger partial charge in [-0.2, -0.15) is 0 Å². The van der Waals surface area contributed by atoms with Crippen molar-refractivity contribution in [3.05, 3.63) is 41.7 Å². The standard InChI is InChI=1S/C13H12N2O5/c14-9(5-7-1-3-8(16)4-2-7)13(19)20-10-6-11(17)15-12(10)18/h1-4,6,9,16H,5,14H2,(H,15,17,18). The first kappa shape index (κ1) is 13.8. The van der Waals surface area contributed by atoms with Gasteiger partial charge in [0.1, 0.15) is 11.8 Å². The molecule has 1 heterocycles. The first-order valence-electron chi connectivity index (χ1n) is 5.78. The quantitative estimate of drug-likeness (QED) is 0.496. The normalized spacial score (nSPS) is 15.6. The average molecular weight is 276 g/mol. The highest BCUT2D eigenvalue weighted by molar-refractivity contribution is 6.15. The molecule has 0 saturated carbocycles. The van der Waals surface area contributed by atoms with Crippen molar-refractivity contribution in [1.29, 1.82) is 0 Å². The molecule has 0 aliphatic carbocycles. The molecule has 2 amide bonds. The zero-order valence-corrected chi connectivity index (χ0v) is 10.3. The Balaban J connectivity index is 1.95. The molecule has 20 heavy (non-hydrogen) atoms. The van der Waals surface area contributed by atoms with Crippen LogP contribution in [0.2, 0.25) is 0 Å². The van der Waals surface area contributed by atoms with E-state index in [1.54, 1.807) is 12.1 Å². The van der Waals surface area contributed by atoms with E-state index in [1.165, 1.54) is 12.1 Å². The molecule has 0 aromatic heterocycles. The third-order valence-corrected chi connectivity index (χ3v) is 2.63. The molecular weight excluding hydrogens is 264 g/mol. The van der Waals surface area contributed by atoms with Crippen molar-refractivity contribution in [2.75, 3.05) is 0 Å². The van der Waals surface area contributed by atoms with E-state index in [1.807, 2.05) is 5.32 Å². The highest BCUT2D eigenvalue weighted by Crippen LogP contribution is 2.12. The lowest BCUT2D eigenvalue weighted by molar-refractivity contribution is -0.144. The van der Waals surface area contributed by atoms with Gasteiger partial charge in [0.15, 0.2) is 0 Å². The second-order valence-electron chi connectivity index (χ2n) is 4.23. The molecule has 0 bridgehead atoms. The van der Waals surface area contributed by atoms with Crippen LogP contribution in [0.5, 0.6) is 5.75 Å². The second-order valence-corrected chi connectivity index (χ2v) is 4.23. The first-order valence-corrected chi connectivity index (χ1v) is 5.78. The number of carbonyl (C=O) groups is 3. The lowest BCUT2D eigenvalue weighted by Crippen LogP contribution is -2.35. The van der Waals surface area contributed by atoms with Crippen molar-refractivity contribution in [2.24, 2.45) is 5.73 Å². The molecule has 1 aliphatic heterocycles. The Morgan fingerprint density at radius 3 is 2.50 bits per heavy atom. The molecule has 0 fully saturated rings. The predicted molar refractivity (Wildman–Crippen MR) is 67.1 cm³/mol. The lowest BCUT2D eigenvalue weighted by atomic mass is 10.1. The van der Waals surface area contributed by atoms with E-state index < -0.39 is 23.8 Å². The van der Waals surface area contributed by atoms with Gasteiger partial charge in [0, 0.05) is 0 Å². The summed E-state index contributed by atoms with van der Waals surface area (Å²) in [6, 6.07) is 5.20. The fourth-order valence-electron chi connectivity index (χ4n) is 1.62. The number of benzene rings is 1. The fraction of sp³-hybridized carbons (Fsp3) is 0.154. The Kier molecular flexibility index (Phi) is 3.81. The molecule has 0 radical (unpaired) electrons. The van der Waals surface area contributed by atoms with Crippen molar-refractivity contribution >= 4 is 17.8 Å². The monoisotopic (exact) mass is 276 g/mol. The van der Waals surface area contributed by atoms with Gasteiger partial charge in [-0.3, -0.25) is 14.9 Å². The Morgan fingerprint density at radius 1 is 1.30 bits per heavy atom. The first-order chi connectivity index (χ1) is 9.45. The molecule has 0 spiro atoms. The molecule has 7 nitrogen and oxygen atoms in total. The van der Waals surface area contributed by atoms with Crippen molar-refractivity contribution in [2.45, 2.75) is 12.5 Å². The van der Waals surface area contributed by atoms with Crippen molar-refractivity contribution in [1.82, 2.24) is 5.32 Å². The van der Waals surface area contributed by atoms with Gasteiger partial charge in [0.2, 0.25) is 5.76 Å². The van der Waals surface area contributed by atoms with Gasteiger partial charge in [-0.25, -0.2) is 4.79 Å². The van der Waals surface area contributed by atoms with Gasteiger partial charge in [-0.05, 0) is 24.1 Å². The van der Waals surface area contributed by atoms with Crippen LogP contribution < -0.4 is 11.1 Å². The predicted octanol–water partition coefficient (Wildman–Crippen LogP) is -0.655. The molecule has 2 rings (SSSR count). The van der Waals surface area contributed by atoms with Gasteiger partial charge in [0.25, 0.3) is 11.8 Å². The Morgan fingerprint density at radius 2 is 1.95 bits per heavy atom. The number of carbonyl (C=O) groups excluding carboxylic acids is 3. The van der Waals surface area contributed by atoms with Gasteiger partial charge < -0.3 is 15.6 Å². The fourth-order valence-corrected chi connectivity index (χ4v) is 1.62. The number of phenols is 1. The van der Waals surface area contributed by atoms with E-state index in [4.69, 9.17) is 15.6 Å². The van der Waals surface area contributed by atoms with E-state index in [0.717, 1.165) is 11.6 Å². The summed E-state index contributed by atoms with van der Waals surface area (Å²) in [7, 11) is 0. The number of aromatic hydroxyl groups is 1. The van der Waals surface area contributed by atoms with Crippen molar-refractivity contribution < 1.29 is 24.2 Å². The third-order valence-electron chi connectivity index (χ3n) is 2.63. The maximum absolute atomic E-state index is 11.7. The Labute approximate surface area is 114 Å². The smallest absolute Gasteiger partial charge is 0.328 e. The molecule has 1 aliphatic rings. The van der Waals surface area contributed by atoms with Gasteiger partial charge in [0.05, 0.1) is 6.08 Å². The number of imide groups is 1. The molecular formula is C13H12N2O5. The molecule has 1 atom stereocenters. The minimum absolute atomic E-state index is 0.108. The molecule has 0 saturated heterocycles. The van der Waals surface area contributed by atoms with Crippen LogP contribution in [0.15, 0.2) is 36.1 Å². The minimum atomic E-state index is -0.982. The van der Waals surface area contributed by atoms with Gasteiger partial charge in [-0.1, -0.05) is 12.1 Å². The molecule has 1 unspecified atom stereocenters. The van der Waals surface area contributed by atoms with Crippen molar-refractivity contribution in [3.63, 3.8) is 0 Å². The van der Waals surface area contributed by atoms with Gasteiger partial charge in [-0.15, -0.1) is 0 Å². The number of ether oxygens (including phenoxy) is 1. The van der Waals surface area contributed by atoms with Crippen LogP contribution in [-0.2, 0) is 25.5 Å². The van der Waals surface area contributed by atoms with E-state index >= 15 is 0 Å². The SMILES string of the molecule is NC(Cc1ccc(O)cc1)C(=O)OC1=CC(=O)NC1=O. The summed E-state index contributed by atoms with van der Waals surface area (Å²) < 4.78 is 4.77. The number of hydrogen-bond donors (Lipinski definition) is 3. The van der Waals surface area contributed by atoms with Crippen LogP contribution in [-0.4, -0.2) is 28.9 Å². The number of nitrogens with two attached hydrogens (primary N) is 1. The number of rotatable bonds is 4. The maximum atomic E-state index is 11.7. The summed E-state index contributed by atoms with van der Waals surface area (Å²) in [5.74, 6) is -2.46. The van der Waals surface area contributed by atoms with E-state index in [9.17, 15) is 14.4 Å². The number of phenolic OH excluding ortho intramolecular Hbond substituents is 1. The Bertz CT molecular complexity index is 591. The third kappa shape index (κ3) is 3.21. The van der Waals surface area contributed by atoms with Gasteiger partial charge >= 0.3 is 5.97 Å². The second kappa shape index (κ2) is 5.54. The summed E-state index contributed by atoms with van der Waals surface area (Å²) in [6.45, 7) is 0. The molecule has 1 aromatic rings. The van der Waals surface area contributed by atoms with Crippen molar-refractivity contribution in [3.8, 4) is 5.75 Å². The van der Waals surface area contributed by atoms with Crippen LogP contribution in [0.3, 0.4) is 0 Å². The summed E-state index contributed by atoms with van der Waals surface area (Å²) in [5, 5.41) is 11.1. The molecule has 104 valence electrons. The highest BCUT2D eigenvalue weighted by Gasteiger charge is 2.27. The zero-order valence-electron chi connectivity index (χ0n) is 10.3. The molecule has 1 aromatic carbocycles. The summed E-state index contributed by atoms with van der Waals surface area (Å²) in [5.41, 5.74) is 6.39. The maximum Gasteiger partial charge on any atom is 0.328 e.